The summed E-state index contributed by atoms with van der Waals surface area (Å²) in [4.78, 5) is 15.1. The summed E-state index contributed by atoms with van der Waals surface area (Å²) < 4.78 is 5.90. The monoisotopic (exact) mass is 443 g/mol. The number of carbonyl (C=O) groups is 1. The van der Waals surface area contributed by atoms with Gasteiger partial charge in [-0.05, 0) is 43.1 Å². The average Bonchev–Trinajstić information content (AvgIpc) is 2.67. The quantitative estimate of drug-likeness (QED) is 0.733. The number of fused-ring (bicyclic) bond motifs is 2. The minimum atomic E-state index is 0. The van der Waals surface area contributed by atoms with Gasteiger partial charge < -0.3 is 15.8 Å². The SMILES string of the molecule is Cl.Cl.NC1C2CCCC1CC(C(=O)NCC1CN(Cc3ccccc3)CCO1)C2. The number of carbonyl (C=O) groups excluding carboxylic acids is 1. The predicted octanol–water partition coefficient (Wildman–Crippen LogP) is 3.00. The number of halogens is 2. The molecule has 3 unspecified atom stereocenters. The minimum absolute atomic E-state index is 0. The summed E-state index contributed by atoms with van der Waals surface area (Å²) in [5, 5.41) is 3.18. The highest BCUT2D eigenvalue weighted by Gasteiger charge is 2.40. The van der Waals surface area contributed by atoms with E-state index in [9.17, 15) is 4.79 Å². The lowest BCUT2D eigenvalue weighted by Gasteiger charge is -2.43. The third kappa shape index (κ3) is 6.31. The van der Waals surface area contributed by atoms with Gasteiger partial charge in [0.2, 0.25) is 5.91 Å². The van der Waals surface area contributed by atoms with Crippen molar-refractivity contribution in [3.63, 3.8) is 0 Å². The second kappa shape index (κ2) is 11.5. The molecule has 2 saturated carbocycles. The van der Waals surface area contributed by atoms with Crippen molar-refractivity contribution >= 4 is 30.7 Å². The van der Waals surface area contributed by atoms with Gasteiger partial charge in [0, 0.05) is 38.1 Å². The molecule has 1 saturated heterocycles. The number of amides is 1. The molecule has 1 aliphatic heterocycles. The van der Waals surface area contributed by atoms with Crippen LogP contribution in [0.4, 0.5) is 0 Å². The summed E-state index contributed by atoms with van der Waals surface area (Å²) in [6.07, 6.45) is 5.69. The molecule has 2 bridgehead atoms. The lowest BCUT2D eigenvalue weighted by atomic mass is 9.65. The topological polar surface area (TPSA) is 67.6 Å². The van der Waals surface area contributed by atoms with E-state index < -0.39 is 0 Å². The van der Waals surface area contributed by atoms with E-state index in [1.807, 2.05) is 6.07 Å². The van der Waals surface area contributed by atoms with E-state index >= 15 is 0 Å². The fraction of sp³-hybridized carbons (Fsp3) is 0.682. The summed E-state index contributed by atoms with van der Waals surface area (Å²) in [5.41, 5.74) is 7.69. The third-order valence-corrected chi connectivity index (χ3v) is 6.76. The Kier molecular flexibility index (Phi) is 9.70. The lowest BCUT2D eigenvalue weighted by molar-refractivity contribution is -0.129. The van der Waals surface area contributed by atoms with Crippen LogP contribution in [0, 0.1) is 17.8 Å². The number of morpholine rings is 1. The summed E-state index contributed by atoms with van der Waals surface area (Å²) >= 11 is 0. The Bertz CT molecular complexity index is 620. The molecular formula is C22H35Cl2N3O2. The fourth-order valence-corrected chi connectivity index (χ4v) is 5.25. The first-order valence-electron chi connectivity index (χ1n) is 10.6. The second-order valence-electron chi connectivity index (χ2n) is 8.66. The van der Waals surface area contributed by atoms with Crippen molar-refractivity contribution in [3.05, 3.63) is 35.9 Å². The standard InChI is InChI=1S/C22H33N3O2.2ClH/c23-21-17-7-4-8-18(21)12-19(11-17)22(26)24-13-20-15-25(9-10-27-20)14-16-5-2-1-3-6-16;;/h1-3,5-6,17-21H,4,7-15,23H2,(H,24,26);2*1H. The van der Waals surface area contributed by atoms with Crippen molar-refractivity contribution in [3.8, 4) is 0 Å². The normalized spacial score (nSPS) is 31.8. The van der Waals surface area contributed by atoms with Crippen molar-refractivity contribution in [2.45, 2.75) is 50.8 Å². The molecule has 3 atom stereocenters. The Morgan fingerprint density at radius 3 is 2.52 bits per heavy atom. The number of nitrogens with two attached hydrogens (primary N) is 1. The van der Waals surface area contributed by atoms with Gasteiger partial charge in [-0.3, -0.25) is 9.69 Å². The van der Waals surface area contributed by atoms with Gasteiger partial charge in [0.15, 0.2) is 0 Å². The number of nitrogens with one attached hydrogen (secondary N) is 1. The zero-order chi connectivity index (χ0) is 18.6. The van der Waals surface area contributed by atoms with Crippen molar-refractivity contribution < 1.29 is 9.53 Å². The average molecular weight is 444 g/mol. The molecule has 0 aromatic heterocycles. The van der Waals surface area contributed by atoms with Crippen molar-refractivity contribution in [2.24, 2.45) is 23.5 Å². The molecule has 5 nitrogen and oxygen atoms in total. The van der Waals surface area contributed by atoms with Gasteiger partial charge in [-0.25, -0.2) is 0 Å². The van der Waals surface area contributed by atoms with E-state index in [-0.39, 0.29) is 42.7 Å². The summed E-state index contributed by atoms with van der Waals surface area (Å²) in [6, 6.07) is 10.9. The van der Waals surface area contributed by atoms with E-state index in [4.69, 9.17) is 10.5 Å². The third-order valence-electron chi connectivity index (χ3n) is 6.76. The zero-order valence-electron chi connectivity index (χ0n) is 17.0. The highest BCUT2D eigenvalue weighted by atomic mass is 35.5. The first-order valence-corrected chi connectivity index (χ1v) is 10.6. The molecule has 3 aliphatic rings. The highest BCUT2D eigenvalue weighted by molar-refractivity contribution is 5.85. The van der Waals surface area contributed by atoms with Crippen molar-refractivity contribution in [1.82, 2.24) is 10.2 Å². The molecule has 1 aromatic carbocycles. The number of benzene rings is 1. The van der Waals surface area contributed by atoms with Crippen LogP contribution in [0.25, 0.3) is 0 Å². The minimum Gasteiger partial charge on any atom is -0.374 e. The smallest absolute Gasteiger partial charge is 0.223 e. The van der Waals surface area contributed by atoms with Gasteiger partial charge in [-0.1, -0.05) is 36.8 Å². The van der Waals surface area contributed by atoms with E-state index in [2.05, 4.69) is 34.5 Å². The van der Waals surface area contributed by atoms with Gasteiger partial charge >= 0.3 is 0 Å². The number of rotatable bonds is 5. The summed E-state index contributed by atoms with van der Waals surface area (Å²) in [5.74, 6) is 1.44. The number of hydrogen-bond acceptors (Lipinski definition) is 4. The van der Waals surface area contributed by atoms with E-state index in [1.54, 1.807) is 0 Å². The summed E-state index contributed by atoms with van der Waals surface area (Å²) in [7, 11) is 0. The van der Waals surface area contributed by atoms with Crippen LogP contribution in [0.5, 0.6) is 0 Å². The molecule has 1 amide bonds. The molecule has 1 heterocycles. The maximum absolute atomic E-state index is 12.7. The number of ether oxygens (including phenoxy) is 1. The van der Waals surface area contributed by atoms with Crippen LogP contribution in [-0.2, 0) is 16.1 Å². The Balaban J connectivity index is 0.00000150. The van der Waals surface area contributed by atoms with E-state index in [0.717, 1.165) is 39.1 Å². The first kappa shape index (κ1) is 24.4. The maximum Gasteiger partial charge on any atom is 0.223 e. The lowest BCUT2D eigenvalue weighted by Crippen LogP contribution is -2.51. The van der Waals surface area contributed by atoms with Gasteiger partial charge in [0.05, 0.1) is 12.7 Å². The Labute approximate surface area is 186 Å². The van der Waals surface area contributed by atoms with Crippen LogP contribution in [0.15, 0.2) is 30.3 Å². The molecule has 7 heteroatoms. The molecule has 4 rings (SSSR count). The van der Waals surface area contributed by atoms with Gasteiger partial charge in [0.25, 0.3) is 0 Å². The molecule has 2 aliphatic carbocycles. The molecular weight excluding hydrogens is 409 g/mol. The second-order valence-corrected chi connectivity index (χ2v) is 8.66. The zero-order valence-corrected chi connectivity index (χ0v) is 18.6. The van der Waals surface area contributed by atoms with E-state index in [1.165, 1.54) is 24.8 Å². The van der Waals surface area contributed by atoms with Gasteiger partial charge in [-0.2, -0.15) is 0 Å². The van der Waals surface area contributed by atoms with E-state index in [0.29, 0.717) is 24.4 Å². The van der Waals surface area contributed by atoms with Gasteiger partial charge in [-0.15, -0.1) is 24.8 Å². The van der Waals surface area contributed by atoms with Crippen LogP contribution in [0.1, 0.15) is 37.7 Å². The molecule has 0 radical (unpaired) electrons. The van der Waals surface area contributed by atoms with Crippen LogP contribution in [0.3, 0.4) is 0 Å². The summed E-state index contributed by atoms with van der Waals surface area (Å²) in [6.45, 7) is 4.11. The molecule has 3 N–H and O–H groups in total. The maximum atomic E-state index is 12.7. The fourth-order valence-electron chi connectivity index (χ4n) is 5.25. The van der Waals surface area contributed by atoms with Gasteiger partial charge in [0.1, 0.15) is 0 Å². The molecule has 0 spiro atoms. The number of nitrogens with zero attached hydrogens (tertiary/aromatic N) is 1. The molecule has 3 fully saturated rings. The Morgan fingerprint density at radius 1 is 1.14 bits per heavy atom. The molecule has 164 valence electrons. The van der Waals surface area contributed by atoms with Crippen LogP contribution < -0.4 is 11.1 Å². The Hall–Kier alpha value is -0.850. The predicted molar refractivity (Wildman–Crippen MR) is 120 cm³/mol. The Morgan fingerprint density at radius 2 is 1.83 bits per heavy atom. The van der Waals surface area contributed by atoms with Crippen molar-refractivity contribution in [1.29, 1.82) is 0 Å². The number of hydrogen-bond donors (Lipinski definition) is 2. The largest absolute Gasteiger partial charge is 0.374 e. The van der Waals surface area contributed by atoms with Crippen molar-refractivity contribution in [2.75, 3.05) is 26.2 Å². The van der Waals surface area contributed by atoms with Crippen LogP contribution >= 0.6 is 24.8 Å². The first-order chi connectivity index (χ1) is 13.2. The molecule has 1 aromatic rings. The van der Waals surface area contributed by atoms with Crippen LogP contribution in [-0.4, -0.2) is 49.2 Å². The molecule has 29 heavy (non-hydrogen) atoms. The van der Waals surface area contributed by atoms with Crippen LogP contribution in [0.2, 0.25) is 0 Å². The highest BCUT2D eigenvalue weighted by Crippen LogP contribution is 2.41.